The van der Waals surface area contributed by atoms with Gasteiger partial charge < -0.3 is 4.74 Å². The molecule has 0 spiro atoms. The summed E-state index contributed by atoms with van der Waals surface area (Å²) < 4.78 is 5.42. The minimum Gasteiger partial charge on any atom is -0.379 e. The molecule has 100 valence electrons. The Labute approximate surface area is 111 Å². The van der Waals surface area contributed by atoms with Gasteiger partial charge in [0, 0.05) is 19.6 Å². The third-order valence-electron chi connectivity index (χ3n) is 3.75. The van der Waals surface area contributed by atoms with Gasteiger partial charge in [0.05, 0.1) is 13.2 Å². The van der Waals surface area contributed by atoms with Crippen LogP contribution in [0.15, 0.2) is 18.2 Å². The van der Waals surface area contributed by atoms with Crippen molar-refractivity contribution in [3.8, 4) is 0 Å². The van der Waals surface area contributed by atoms with E-state index in [1.54, 1.807) is 5.56 Å². The van der Waals surface area contributed by atoms with Crippen molar-refractivity contribution in [3.63, 3.8) is 0 Å². The van der Waals surface area contributed by atoms with E-state index < -0.39 is 0 Å². The molecule has 0 atom stereocenters. The second-order valence-electron chi connectivity index (χ2n) is 5.05. The highest BCUT2D eigenvalue weighted by molar-refractivity contribution is 5.35. The van der Waals surface area contributed by atoms with E-state index in [1.165, 1.54) is 24.0 Å². The Morgan fingerprint density at radius 1 is 1.11 bits per heavy atom. The first-order chi connectivity index (χ1) is 8.85. The molecule has 0 bridgehead atoms. The summed E-state index contributed by atoms with van der Waals surface area (Å²) >= 11 is 0. The van der Waals surface area contributed by atoms with Crippen molar-refractivity contribution in [1.29, 1.82) is 0 Å². The van der Waals surface area contributed by atoms with Crippen LogP contribution in [0.3, 0.4) is 0 Å². The molecule has 0 saturated carbocycles. The molecule has 2 rings (SSSR count). The molecule has 0 aliphatic carbocycles. The summed E-state index contributed by atoms with van der Waals surface area (Å²) in [6.45, 7) is 9.53. The van der Waals surface area contributed by atoms with Crippen molar-refractivity contribution in [2.75, 3.05) is 26.3 Å². The first kappa shape index (κ1) is 13.6. The monoisotopic (exact) mass is 247 g/mol. The van der Waals surface area contributed by atoms with Crippen LogP contribution in [0.2, 0.25) is 0 Å². The third kappa shape index (κ3) is 3.33. The van der Waals surface area contributed by atoms with E-state index in [0.29, 0.717) is 0 Å². The smallest absolute Gasteiger partial charge is 0.0594 e. The van der Waals surface area contributed by atoms with Crippen LogP contribution in [0.5, 0.6) is 0 Å². The van der Waals surface area contributed by atoms with Gasteiger partial charge in [0.2, 0.25) is 0 Å². The minimum absolute atomic E-state index is 0.885. The molecule has 1 aromatic carbocycles. The Kier molecular flexibility index (Phi) is 5.21. The predicted molar refractivity (Wildman–Crippen MR) is 75.9 cm³/mol. The van der Waals surface area contributed by atoms with Gasteiger partial charge in [0.1, 0.15) is 0 Å². The van der Waals surface area contributed by atoms with Crippen LogP contribution in [0.25, 0.3) is 0 Å². The molecule has 2 heteroatoms. The SMILES string of the molecule is CCCc1c(CC)cccc1CN1CCOCC1. The average molecular weight is 247 g/mol. The van der Waals surface area contributed by atoms with Gasteiger partial charge in [-0.25, -0.2) is 0 Å². The Balaban J connectivity index is 2.14. The Hall–Kier alpha value is -0.860. The fourth-order valence-electron chi connectivity index (χ4n) is 2.74. The summed E-state index contributed by atoms with van der Waals surface area (Å²) in [4.78, 5) is 2.51. The largest absolute Gasteiger partial charge is 0.379 e. The van der Waals surface area contributed by atoms with E-state index in [0.717, 1.165) is 39.3 Å². The van der Waals surface area contributed by atoms with Crippen LogP contribution >= 0.6 is 0 Å². The fraction of sp³-hybridized carbons (Fsp3) is 0.625. The average Bonchev–Trinajstić information content (AvgIpc) is 2.42. The molecular weight excluding hydrogens is 222 g/mol. The van der Waals surface area contributed by atoms with Crippen LogP contribution in [-0.2, 0) is 24.1 Å². The molecule has 1 aromatic rings. The molecule has 0 amide bonds. The van der Waals surface area contributed by atoms with Crippen LogP contribution < -0.4 is 0 Å². The summed E-state index contributed by atoms with van der Waals surface area (Å²) in [5.74, 6) is 0. The molecule has 1 aliphatic rings. The Morgan fingerprint density at radius 2 is 1.83 bits per heavy atom. The number of benzene rings is 1. The van der Waals surface area contributed by atoms with E-state index in [2.05, 4.69) is 36.9 Å². The number of morpholine rings is 1. The van der Waals surface area contributed by atoms with Crippen LogP contribution in [0.4, 0.5) is 0 Å². The molecule has 1 heterocycles. The summed E-state index contributed by atoms with van der Waals surface area (Å²) in [6, 6.07) is 6.81. The minimum atomic E-state index is 0.885. The van der Waals surface area contributed by atoms with Gasteiger partial charge in [0.25, 0.3) is 0 Å². The molecule has 0 unspecified atom stereocenters. The summed E-state index contributed by atoms with van der Waals surface area (Å²) in [6.07, 6.45) is 3.59. The predicted octanol–water partition coefficient (Wildman–Crippen LogP) is 3.03. The van der Waals surface area contributed by atoms with E-state index >= 15 is 0 Å². The number of hydrogen-bond donors (Lipinski definition) is 0. The molecule has 0 aromatic heterocycles. The molecule has 0 radical (unpaired) electrons. The molecule has 1 fully saturated rings. The van der Waals surface area contributed by atoms with E-state index in [4.69, 9.17) is 4.74 Å². The van der Waals surface area contributed by atoms with Crippen molar-refractivity contribution in [2.45, 2.75) is 39.7 Å². The van der Waals surface area contributed by atoms with Crippen LogP contribution in [0.1, 0.15) is 37.0 Å². The van der Waals surface area contributed by atoms with Gasteiger partial charge >= 0.3 is 0 Å². The van der Waals surface area contributed by atoms with E-state index in [9.17, 15) is 0 Å². The van der Waals surface area contributed by atoms with Crippen molar-refractivity contribution in [1.82, 2.24) is 4.90 Å². The van der Waals surface area contributed by atoms with Gasteiger partial charge in [-0.1, -0.05) is 38.5 Å². The standard InChI is InChI=1S/C16H25NO/c1-3-6-16-14(4-2)7-5-8-15(16)13-17-9-11-18-12-10-17/h5,7-8H,3-4,6,9-13H2,1-2H3. The van der Waals surface area contributed by atoms with Gasteiger partial charge in [-0.15, -0.1) is 0 Å². The summed E-state index contributed by atoms with van der Waals surface area (Å²) in [5, 5.41) is 0. The number of nitrogens with zero attached hydrogens (tertiary/aromatic N) is 1. The molecule has 1 aliphatic heterocycles. The van der Waals surface area contributed by atoms with Crippen molar-refractivity contribution in [2.24, 2.45) is 0 Å². The number of ether oxygens (including phenoxy) is 1. The lowest BCUT2D eigenvalue weighted by Crippen LogP contribution is -2.35. The maximum absolute atomic E-state index is 5.42. The second-order valence-corrected chi connectivity index (χ2v) is 5.05. The quantitative estimate of drug-likeness (QED) is 0.793. The zero-order valence-corrected chi connectivity index (χ0v) is 11.7. The zero-order valence-electron chi connectivity index (χ0n) is 11.7. The molecule has 18 heavy (non-hydrogen) atoms. The number of aryl methyl sites for hydroxylation is 1. The molecule has 1 saturated heterocycles. The van der Waals surface area contributed by atoms with Gasteiger partial charge in [0.15, 0.2) is 0 Å². The second kappa shape index (κ2) is 6.91. The maximum atomic E-state index is 5.42. The molecular formula is C16H25NO. The number of rotatable bonds is 5. The topological polar surface area (TPSA) is 12.5 Å². The van der Waals surface area contributed by atoms with Gasteiger partial charge in [-0.3, -0.25) is 4.90 Å². The molecule has 2 nitrogen and oxygen atoms in total. The lowest BCUT2D eigenvalue weighted by Gasteiger charge is -2.28. The maximum Gasteiger partial charge on any atom is 0.0594 e. The highest BCUT2D eigenvalue weighted by Gasteiger charge is 2.13. The first-order valence-electron chi connectivity index (χ1n) is 7.24. The normalized spacial score (nSPS) is 17.0. The van der Waals surface area contributed by atoms with E-state index in [-0.39, 0.29) is 0 Å². The van der Waals surface area contributed by atoms with Gasteiger partial charge in [-0.05, 0) is 29.5 Å². The lowest BCUT2D eigenvalue weighted by atomic mass is 9.95. The summed E-state index contributed by atoms with van der Waals surface area (Å²) in [7, 11) is 0. The lowest BCUT2D eigenvalue weighted by molar-refractivity contribution is 0.0340. The Bertz CT molecular complexity index is 369. The third-order valence-corrected chi connectivity index (χ3v) is 3.75. The fourth-order valence-corrected chi connectivity index (χ4v) is 2.74. The van der Waals surface area contributed by atoms with Gasteiger partial charge in [-0.2, -0.15) is 0 Å². The van der Waals surface area contributed by atoms with Crippen LogP contribution in [-0.4, -0.2) is 31.2 Å². The zero-order chi connectivity index (χ0) is 12.8. The van der Waals surface area contributed by atoms with Crippen LogP contribution in [0, 0.1) is 0 Å². The molecule has 0 N–H and O–H groups in total. The van der Waals surface area contributed by atoms with Crippen molar-refractivity contribution >= 4 is 0 Å². The Morgan fingerprint density at radius 3 is 2.50 bits per heavy atom. The number of hydrogen-bond acceptors (Lipinski definition) is 2. The first-order valence-corrected chi connectivity index (χ1v) is 7.24. The van der Waals surface area contributed by atoms with Crippen molar-refractivity contribution < 1.29 is 4.74 Å². The summed E-state index contributed by atoms with van der Waals surface area (Å²) in [5.41, 5.74) is 4.65. The van der Waals surface area contributed by atoms with Crippen molar-refractivity contribution in [3.05, 3.63) is 34.9 Å². The highest BCUT2D eigenvalue weighted by Crippen LogP contribution is 2.20. The highest BCUT2D eigenvalue weighted by atomic mass is 16.5. The van der Waals surface area contributed by atoms with E-state index in [1.807, 2.05) is 0 Å².